The third kappa shape index (κ3) is 6.34. The minimum Gasteiger partial charge on any atom is -0.264 e. The second-order valence-electron chi connectivity index (χ2n) is 10.4. The molecular formula is C41H32N2. The van der Waals surface area contributed by atoms with Gasteiger partial charge in [-0.05, 0) is 111 Å². The summed E-state index contributed by atoms with van der Waals surface area (Å²) < 4.78 is 0. The second-order valence-corrected chi connectivity index (χ2v) is 10.4. The van der Waals surface area contributed by atoms with Gasteiger partial charge in [0.05, 0.1) is 0 Å². The number of hydrogen-bond acceptors (Lipinski definition) is 2. The van der Waals surface area contributed by atoms with E-state index in [4.69, 9.17) is 0 Å². The predicted octanol–water partition coefficient (Wildman–Crippen LogP) is 11.0. The fraction of sp³-hybridized carbons (Fsp3) is 0.0244. The number of rotatable bonds is 8. The highest BCUT2D eigenvalue weighted by Crippen LogP contribution is 2.36. The molecule has 206 valence electrons. The van der Waals surface area contributed by atoms with Crippen LogP contribution in [0.15, 0.2) is 171 Å². The lowest BCUT2D eigenvalue weighted by Crippen LogP contribution is -1.89. The Kier molecular flexibility index (Phi) is 8.29. The van der Waals surface area contributed by atoms with E-state index in [1.807, 2.05) is 62.1 Å². The zero-order valence-electron chi connectivity index (χ0n) is 24.2. The van der Waals surface area contributed by atoms with Crippen LogP contribution in [0.1, 0.15) is 12.5 Å². The highest BCUT2D eigenvalue weighted by molar-refractivity contribution is 5.85. The maximum Gasteiger partial charge on any atom is 0.0346 e. The Morgan fingerprint density at radius 2 is 0.930 bits per heavy atom. The standard InChI is InChI=1S/C41H32N2/c1-3-5-11-30(4-2)31-12-6-15-34(22-31)39-25-40(35-16-7-13-32(23-35)37-18-9-20-42-28-37)27-41(26-39)36-17-8-14-33(24-36)38-19-10-21-43-29-38/h3-29H,2H2,1H3/b5-3-,30-11+. The average Bonchev–Trinajstić information content (AvgIpc) is 3.09. The normalized spacial score (nSPS) is 11.5. The Bertz CT molecular complexity index is 1830. The molecular weight excluding hydrogens is 520 g/mol. The van der Waals surface area contributed by atoms with Crippen LogP contribution in [0, 0.1) is 0 Å². The first-order valence-electron chi connectivity index (χ1n) is 14.4. The summed E-state index contributed by atoms with van der Waals surface area (Å²) in [4.78, 5) is 8.66. The van der Waals surface area contributed by atoms with E-state index in [-0.39, 0.29) is 0 Å². The van der Waals surface area contributed by atoms with Crippen LogP contribution in [-0.2, 0) is 0 Å². The molecule has 0 unspecified atom stereocenters. The van der Waals surface area contributed by atoms with Gasteiger partial charge in [0.15, 0.2) is 0 Å². The van der Waals surface area contributed by atoms with Gasteiger partial charge in [0.2, 0.25) is 0 Å². The van der Waals surface area contributed by atoms with Crippen LogP contribution in [0.2, 0.25) is 0 Å². The highest BCUT2D eigenvalue weighted by Gasteiger charge is 2.11. The number of aromatic nitrogens is 2. The lowest BCUT2D eigenvalue weighted by Gasteiger charge is -2.14. The smallest absolute Gasteiger partial charge is 0.0346 e. The average molecular weight is 553 g/mol. The van der Waals surface area contributed by atoms with Crippen molar-refractivity contribution in [1.82, 2.24) is 9.97 Å². The molecule has 2 aromatic heterocycles. The maximum absolute atomic E-state index is 4.33. The summed E-state index contributed by atoms with van der Waals surface area (Å²) in [5, 5.41) is 0. The van der Waals surface area contributed by atoms with Gasteiger partial charge in [-0.2, -0.15) is 0 Å². The van der Waals surface area contributed by atoms with E-state index in [2.05, 4.69) is 126 Å². The van der Waals surface area contributed by atoms with Crippen LogP contribution in [-0.4, -0.2) is 9.97 Å². The van der Waals surface area contributed by atoms with Crippen molar-refractivity contribution in [2.45, 2.75) is 6.92 Å². The van der Waals surface area contributed by atoms with Crippen LogP contribution >= 0.6 is 0 Å². The monoisotopic (exact) mass is 552 g/mol. The summed E-state index contributed by atoms with van der Waals surface area (Å²) in [6.45, 7) is 6.08. The van der Waals surface area contributed by atoms with Gasteiger partial charge < -0.3 is 0 Å². The number of nitrogens with zero attached hydrogens (tertiary/aromatic N) is 2. The van der Waals surface area contributed by atoms with Crippen molar-refractivity contribution in [1.29, 1.82) is 0 Å². The molecule has 0 radical (unpaired) electrons. The largest absolute Gasteiger partial charge is 0.264 e. The molecule has 4 aromatic carbocycles. The van der Waals surface area contributed by atoms with Crippen molar-refractivity contribution < 1.29 is 0 Å². The quantitative estimate of drug-likeness (QED) is 0.176. The summed E-state index contributed by atoms with van der Waals surface area (Å²) in [6, 6.07) is 41.1. The third-order valence-corrected chi connectivity index (χ3v) is 7.53. The van der Waals surface area contributed by atoms with Crippen molar-refractivity contribution in [3.05, 3.63) is 176 Å². The fourth-order valence-corrected chi connectivity index (χ4v) is 5.31. The first kappa shape index (κ1) is 27.6. The molecule has 2 heterocycles. The summed E-state index contributed by atoms with van der Waals surface area (Å²) in [6.07, 6.45) is 15.5. The van der Waals surface area contributed by atoms with Gasteiger partial charge in [0, 0.05) is 35.9 Å². The number of allylic oxidation sites excluding steroid dienone is 5. The number of pyridine rings is 2. The van der Waals surface area contributed by atoms with E-state index in [1.54, 1.807) is 0 Å². The summed E-state index contributed by atoms with van der Waals surface area (Å²) >= 11 is 0. The molecule has 0 fully saturated rings. The van der Waals surface area contributed by atoms with Gasteiger partial charge in [0.1, 0.15) is 0 Å². The Hall–Kier alpha value is -5.60. The Labute approximate surface area is 254 Å². The van der Waals surface area contributed by atoms with E-state index in [9.17, 15) is 0 Å². The summed E-state index contributed by atoms with van der Waals surface area (Å²) in [5.74, 6) is 0. The van der Waals surface area contributed by atoms with E-state index in [0.29, 0.717) is 0 Å². The van der Waals surface area contributed by atoms with E-state index >= 15 is 0 Å². The molecule has 0 aliphatic heterocycles. The van der Waals surface area contributed by atoms with E-state index < -0.39 is 0 Å². The maximum atomic E-state index is 4.33. The molecule has 0 N–H and O–H groups in total. The molecule has 0 aliphatic rings. The fourth-order valence-electron chi connectivity index (χ4n) is 5.31. The lowest BCUT2D eigenvalue weighted by molar-refractivity contribution is 1.33. The molecule has 6 aromatic rings. The van der Waals surface area contributed by atoms with Gasteiger partial charge in [-0.25, -0.2) is 0 Å². The molecule has 43 heavy (non-hydrogen) atoms. The second kappa shape index (κ2) is 12.9. The molecule has 0 aliphatic carbocycles. The van der Waals surface area contributed by atoms with Gasteiger partial charge in [-0.3, -0.25) is 9.97 Å². The van der Waals surface area contributed by atoms with Crippen LogP contribution in [0.5, 0.6) is 0 Å². The molecule has 0 saturated heterocycles. The molecule has 0 saturated carbocycles. The third-order valence-electron chi connectivity index (χ3n) is 7.53. The minimum atomic E-state index is 1.09. The van der Waals surface area contributed by atoms with Crippen LogP contribution < -0.4 is 0 Å². The Balaban J connectivity index is 1.51. The van der Waals surface area contributed by atoms with Gasteiger partial charge >= 0.3 is 0 Å². The minimum absolute atomic E-state index is 1.09. The molecule has 2 heteroatoms. The summed E-state index contributed by atoms with van der Waals surface area (Å²) in [5.41, 5.74) is 13.6. The Morgan fingerprint density at radius 3 is 1.37 bits per heavy atom. The van der Waals surface area contributed by atoms with Crippen LogP contribution in [0.3, 0.4) is 0 Å². The molecule has 0 spiro atoms. The van der Waals surface area contributed by atoms with Crippen molar-refractivity contribution in [3.8, 4) is 55.6 Å². The number of hydrogen-bond donors (Lipinski definition) is 0. The molecule has 2 nitrogen and oxygen atoms in total. The molecule has 0 amide bonds. The molecule has 6 rings (SSSR count). The lowest BCUT2D eigenvalue weighted by atomic mass is 9.90. The van der Waals surface area contributed by atoms with Crippen molar-refractivity contribution >= 4 is 5.57 Å². The highest BCUT2D eigenvalue weighted by atomic mass is 14.6. The SMILES string of the molecule is C=C/C(=C\C=C/C)c1cccc(-c2cc(-c3cccc(-c4cccnc4)c3)cc(-c3cccc(-c4cccnc4)c3)c2)c1. The topological polar surface area (TPSA) is 25.8 Å². The van der Waals surface area contributed by atoms with E-state index in [1.165, 1.54) is 0 Å². The first-order valence-corrected chi connectivity index (χ1v) is 14.4. The van der Waals surface area contributed by atoms with E-state index in [0.717, 1.165) is 66.8 Å². The zero-order valence-corrected chi connectivity index (χ0v) is 24.2. The van der Waals surface area contributed by atoms with Crippen molar-refractivity contribution in [2.75, 3.05) is 0 Å². The van der Waals surface area contributed by atoms with Crippen molar-refractivity contribution in [2.24, 2.45) is 0 Å². The number of benzene rings is 4. The van der Waals surface area contributed by atoms with Crippen LogP contribution in [0.4, 0.5) is 0 Å². The van der Waals surface area contributed by atoms with Gasteiger partial charge in [0.25, 0.3) is 0 Å². The van der Waals surface area contributed by atoms with Gasteiger partial charge in [-0.15, -0.1) is 0 Å². The van der Waals surface area contributed by atoms with Gasteiger partial charge in [-0.1, -0.05) is 97.6 Å². The van der Waals surface area contributed by atoms with Crippen LogP contribution in [0.25, 0.3) is 61.2 Å². The molecule has 0 atom stereocenters. The first-order chi connectivity index (χ1) is 21.2. The Morgan fingerprint density at radius 1 is 0.512 bits per heavy atom. The predicted molar refractivity (Wildman–Crippen MR) is 182 cm³/mol. The molecule has 0 bridgehead atoms. The zero-order chi connectivity index (χ0) is 29.4. The summed E-state index contributed by atoms with van der Waals surface area (Å²) in [7, 11) is 0. The van der Waals surface area contributed by atoms with Crippen molar-refractivity contribution in [3.63, 3.8) is 0 Å².